The Labute approximate surface area is 218 Å². The fourth-order valence-electron chi connectivity index (χ4n) is 4.01. The van der Waals surface area contributed by atoms with E-state index in [9.17, 15) is 23.6 Å². The summed E-state index contributed by atoms with van der Waals surface area (Å²) in [5.41, 5.74) is 6.05. The van der Waals surface area contributed by atoms with Crippen molar-refractivity contribution in [3.05, 3.63) is 45.7 Å². The summed E-state index contributed by atoms with van der Waals surface area (Å²) in [5.74, 6) is -0.115. The van der Waals surface area contributed by atoms with Crippen molar-refractivity contribution in [1.29, 1.82) is 5.26 Å². The van der Waals surface area contributed by atoms with Gasteiger partial charge in [0.25, 0.3) is 5.56 Å². The summed E-state index contributed by atoms with van der Waals surface area (Å²) in [6, 6.07) is 7.68. The lowest BCUT2D eigenvalue weighted by atomic mass is 9.99. The van der Waals surface area contributed by atoms with Gasteiger partial charge in [0.15, 0.2) is 0 Å². The van der Waals surface area contributed by atoms with Crippen LogP contribution in [0.5, 0.6) is 5.88 Å². The van der Waals surface area contributed by atoms with E-state index in [2.05, 4.69) is 17.8 Å². The van der Waals surface area contributed by atoms with Gasteiger partial charge in [-0.3, -0.25) is 14.8 Å². The van der Waals surface area contributed by atoms with Gasteiger partial charge in [0.1, 0.15) is 17.3 Å². The zero-order valence-corrected chi connectivity index (χ0v) is 22.4. The minimum Gasteiger partial charge on any atom is -0.493 e. The lowest BCUT2D eigenvalue weighted by molar-refractivity contribution is 0.217. The number of hydrazine groups is 1. The number of aromatic hydroxyl groups is 1. The van der Waals surface area contributed by atoms with Crippen molar-refractivity contribution < 1.29 is 23.7 Å². The average molecular weight is 536 g/mol. The van der Waals surface area contributed by atoms with Crippen LogP contribution in [0.3, 0.4) is 0 Å². The molecule has 0 aliphatic carbocycles. The Morgan fingerprint density at radius 2 is 1.73 bits per heavy atom. The Bertz CT molecular complexity index is 1230. The molecule has 2 aromatic rings. The second-order valence-corrected chi connectivity index (χ2v) is 10.7. The van der Waals surface area contributed by atoms with Gasteiger partial charge in [-0.1, -0.05) is 33.1 Å². The van der Waals surface area contributed by atoms with Crippen LogP contribution in [-0.4, -0.2) is 58.9 Å². The van der Waals surface area contributed by atoms with Gasteiger partial charge in [-0.05, 0) is 43.5 Å². The van der Waals surface area contributed by atoms with Crippen molar-refractivity contribution in [2.45, 2.75) is 57.9 Å². The molecule has 1 heterocycles. The Hall–Kier alpha value is -3.11. The molecular formula is C25H37N5O6S. The van der Waals surface area contributed by atoms with E-state index in [4.69, 9.17) is 10.2 Å². The minimum atomic E-state index is -3.91. The first-order valence-corrected chi connectivity index (χ1v) is 13.8. The highest BCUT2D eigenvalue weighted by molar-refractivity contribution is 7.89. The third kappa shape index (κ3) is 7.23. The molecule has 5 N–H and O–H groups in total. The molecule has 0 aliphatic rings. The number of rotatable bonds is 15. The summed E-state index contributed by atoms with van der Waals surface area (Å²) in [7, 11) is -3.91. The number of aliphatic hydroxyl groups is 2. The van der Waals surface area contributed by atoms with Gasteiger partial charge in [-0.25, -0.2) is 8.42 Å². The molecule has 1 unspecified atom stereocenters. The molecule has 0 aliphatic heterocycles. The monoisotopic (exact) mass is 535 g/mol. The second-order valence-electron chi connectivity index (χ2n) is 8.77. The first kappa shape index (κ1) is 30.1. The number of nitrogens with one attached hydrogen (secondary N) is 2. The van der Waals surface area contributed by atoms with Crippen molar-refractivity contribution in [2.24, 2.45) is 5.92 Å². The molecule has 0 spiro atoms. The maximum absolute atomic E-state index is 12.9. The molecule has 1 aromatic heterocycles. The predicted octanol–water partition coefficient (Wildman–Crippen LogP) is 2.36. The van der Waals surface area contributed by atoms with Gasteiger partial charge in [0.2, 0.25) is 15.9 Å². The topological polar surface area (TPSA) is 168 Å². The molecule has 204 valence electrons. The molecular weight excluding hydrogens is 498 g/mol. The second kappa shape index (κ2) is 14.0. The molecule has 0 saturated carbocycles. The predicted molar refractivity (Wildman–Crippen MR) is 142 cm³/mol. The number of unbranched alkanes of at least 4 members (excludes halogenated alkanes) is 1. The summed E-state index contributed by atoms with van der Waals surface area (Å²) < 4.78 is 27.8. The molecule has 0 fully saturated rings. The Kier molecular flexibility index (Phi) is 11.4. The summed E-state index contributed by atoms with van der Waals surface area (Å²) in [6.45, 7) is 4.93. The highest BCUT2D eigenvalue weighted by Crippen LogP contribution is 2.29. The SMILES string of the molecule is CCCCC(CC)Cn1c(O)c(NNc2ccc(S(=O)(=O)N(CCO)CCO)cc2)c(C)c(C#N)c1=O. The summed E-state index contributed by atoms with van der Waals surface area (Å²) in [4.78, 5) is 12.9. The number of pyridine rings is 1. The van der Waals surface area contributed by atoms with E-state index in [-0.39, 0.29) is 60.8 Å². The average Bonchev–Trinajstić information content (AvgIpc) is 2.88. The Morgan fingerprint density at radius 3 is 2.24 bits per heavy atom. The number of aliphatic hydroxyl groups excluding tert-OH is 2. The quantitative estimate of drug-likeness (QED) is 0.215. The number of nitrogens with zero attached hydrogens (tertiary/aromatic N) is 3. The van der Waals surface area contributed by atoms with Crippen LogP contribution in [0.25, 0.3) is 0 Å². The van der Waals surface area contributed by atoms with Crippen molar-refractivity contribution in [2.75, 3.05) is 37.2 Å². The number of benzene rings is 1. The zero-order chi connectivity index (χ0) is 27.6. The van der Waals surface area contributed by atoms with Crippen molar-refractivity contribution in [3.8, 4) is 11.9 Å². The lowest BCUT2D eigenvalue weighted by Crippen LogP contribution is -2.35. The van der Waals surface area contributed by atoms with Gasteiger partial charge in [-0.2, -0.15) is 9.57 Å². The molecule has 1 atom stereocenters. The van der Waals surface area contributed by atoms with E-state index < -0.39 is 15.6 Å². The van der Waals surface area contributed by atoms with Crippen LogP contribution in [0, 0.1) is 24.2 Å². The maximum Gasteiger partial charge on any atom is 0.271 e. The largest absolute Gasteiger partial charge is 0.493 e. The normalized spacial score (nSPS) is 12.4. The van der Waals surface area contributed by atoms with E-state index in [0.717, 1.165) is 30.0 Å². The standard InChI is InChI=1S/C25H37N5O6S/c1-4-6-7-19(5-2)17-30-24(33)22(16-26)18(3)23(25(30)34)28-27-20-8-10-21(11-9-20)37(35,36)29(12-14-31)13-15-32/h8-11,19,27-28,31-32,34H,4-7,12-15,17H2,1-3H3. The van der Waals surface area contributed by atoms with Crippen LogP contribution in [0.4, 0.5) is 11.4 Å². The van der Waals surface area contributed by atoms with E-state index in [0.29, 0.717) is 11.3 Å². The van der Waals surface area contributed by atoms with Gasteiger partial charge in [0.05, 0.1) is 23.8 Å². The summed E-state index contributed by atoms with van der Waals surface area (Å²) in [6.07, 6.45) is 3.75. The molecule has 2 rings (SSSR count). The van der Waals surface area contributed by atoms with Crippen LogP contribution in [0.2, 0.25) is 0 Å². The Morgan fingerprint density at radius 1 is 1.11 bits per heavy atom. The van der Waals surface area contributed by atoms with Gasteiger partial charge in [0, 0.05) is 25.2 Å². The number of nitriles is 1. The third-order valence-corrected chi connectivity index (χ3v) is 8.22. The molecule has 11 nitrogen and oxygen atoms in total. The van der Waals surface area contributed by atoms with Gasteiger partial charge >= 0.3 is 0 Å². The van der Waals surface area contributed by atoms with Crippen LogP contribution >= 0.6 is 0 Å². The van der Waals surface area contributed by atoms with E-state index in [1.54, 1.807) is 6.92 Å². The van der Waals surface area contributed by atoms with Crippen molar-refractivity contribution in [1.82, 2.24) is 8.87 Å². The molecule has 37 heavy (non-hydrogen) atoms. The van der Waals surface area contributed by atoms with Crippen LogP contribution in [0.15, 0.2) is 34.0 Å². The minimum absolute atomic E-state index is 0.0167. The fraction of sp³-hybridized carbons (Fsp3) is 0.520. The van der Waals surface area contributed by atoms with E-state index in [1.807, 2.05) is 13.0 Å². The highest BCUT2D eigenvalue weighted by atomic mass is 32.2. The summed E-state index contributed by atoms with van der Waals surface area (Å²) in [5, 5.41) is 38.9. The number of hydrogen-bond donors (Lipinski definition) is 5. The van der Waals surface area contributed by atoms with E-state index >= 15 is 0 Å². The molecule has 0 amide bonds. The number of anilines is 2. The first-order valence-electron chi connectivity index (χ1n) is 12.4. The third-order valence-electron chi connectivity index (χ3n) is 6.31. The maximum atomic E-state index is 12.9. The van der Waals surface area contributed by atoms with Crippen LogP contribution in [0.1, 0.15) is 50.7 Å². The van der Waals surface area contributed by atoms with Crippen molar-refractivity contribution >= 4 is 21.4 Å². The Balaban J connectivity index is 2.32. The van der Waals surface area contributed by atoms with Crippen LogP contribution < -0.4 is 16.4 Å². The van der Waals surface area contributed by atoms with Crippen molar-refractivity contribution in [3.63, 3.8) is 0 Å². The first-order chi connectivity index (χ1) is 17.7. The van der Waals surface area contributed by atoms with Gasteiger partial charge in [-0.15, -0.1) is 0 Å². The smallest absolute Gasteiger partial charge is 0.271 e. The van der Waals surface area contributed by atoms with Crippen LogP contribution in [-0.2, 0) is 16.6 Å². The number of sulfonamides is 1. The lowest BCUT2D eigenvalue weighted by Gasteiger charge is -2.22. The molecule has 0 saturated heterocycles. The number of aromatic nitrogens is 1. The van der Waals surface area contributed by atoms with Gasteiger partial charge < -0.3 is 20.7 Å². The zero-order valence-electron chi connectivity index (χ0n) is 21.6. The summed E-state index contributed by atoms with van der Waals surface area (Å²) >= 11 is 0. The molecule has 12 heteroatoms. The molecule has 1 aromatic carbocycles. The highest BCUT2D eigenvalue weighted by Gasteiger charge is 2.24. The fourth-order valence-corrected chi connectivity index (χ4v) is 5.44. The van der Waals surface area contributed by atoms with E-state index in [1.165, 1.54) is 28.8 Å². The molecule has 0 bridgehead atoms. The number of hydrogen-bond acceptors (Lipinski definition) is 9. The molecule has 0 radical (unpaired) electrons.